The van der Waals surface area contributed by atoms with Gasteiger partial charge in [0.05, 0.1) is 26.0 Å². The van der Waals surface area contributed by atoms with Gasteiger partial charge in [0.2, 0.25) is 5.91 Å². The van der Waals surface area contributed by atoms with E-state index in [0.29, 0.717) is 19.6 Å². The van der Waals surface area contributed by atoms with Crippen molar-refractivity contribution in [3.05, 3.63) is 24.3 Å². The summed E-state index contributed by atoms with van der Waals surface area (Å²) in [5.74, 6) is 0.759. The number of amides is 1. The third-order valence-corrected chi connectivity index (χ3v) is 6.13. The average molecular weight is 389 g/mol. The van der Waals surface area contributed by atoms with Crippen LogP contribution < -0.4 is 9.64 Å². The second kappa shape index (κ2) is 8.68. The summed E-state index contributed by atoms with van der Waals surface area (Å²) in [6, 6.07) is 8.16. The van der Waals surface area contributed by atoms with E-state index in [9.17, 15) is 4.79 Å². The maximum absolute atomic E-state index is 12.6. The maximum atomic E-state index is 12.6. The van der Waals surface area contributed by atoms with Crippen LogP contribution in [-0.2, 0) is 14.3 Å². The summed E-state index contributed by atoms with van der Waals surface area (Å²) in [4.78, 5) is 19.3. The predicted molar refractivity (Wildman–Crippen MR) is 107 cm³/mol. The molecular formula is C21H31N3O4. The van der Waals surface area contributed by atoms with Crippen molar-refractivity contribution in [1.82, 2.24) is 9.80 Å². The van der Waals surface area contributed by atoms with E-state index >= 15 is 0 Å². The monoisotopic (exact) mass is 389 g/mol. The van der Waals surface area contributed by atoms with E-state index in [0.717, 1.165) is 70.1 Å². The Kier molecular flexibility index (Phi) is 6.04. The number of benzene rings is 1. The summed E-state index contributed by atoms with van der Waals surface area (Å²) in [5.41, 5.74) is 1.15. The van der Waals surface area contributed by atoms with Crippen LogP contribution in [0.4, 0.5) is 5.69 Å². The fourth-order valence-corrected chi connectivity index (χ4v) is 4.40. The van der Waals surface area contributed by atoms with E-state index in [1.165, 1.54) is 0 Å². The van der Waals surface area contributed by atoms with Gasteiger partial charge in [0.25, 0.3) is 0 Å². The Balaban J connectivity index is 1.20. The number of piperazine rings is 1. The molecule has 0 saturated carbocycles. The highest BCUT2D eigenvalue weighted by Crippen LogP contribution is 2.31. The summed E-state index contributed by atoms with van der Waals surface area (Å²) in [7, 11) is 1.72. The quantitative estimate of drug-likeness (QED) is 0.762. The minimum atomic E-state index is -0.411. The predicted octanol–water partition coefficient (Wildman–Crippen LogP) is 1.57. The summed E-state index contributed by atoms with van der Waals surface area (Å²) < 4.78 is 17.0. The fourth-order valence-electron chi connectivity index (χ4n) is 4.40. The van der Waals surface area contributed by atoms with Crippen LogP contribution in [0.3, 0.4) is 0 Å². The largest absolute Gasteiger partial charge is 0.495 e. The molecule has 4 rings (SSSR count). The van der Waals surface area contributed by atoms with E-state index in [-0.39, 0.29) is 5.91 Å². The molecule has 3 heterocycles. The molecule has 154 valence electrons. The number of likely N-dealkylation sites (tertiary alicyclic amines) is 1. The highest BCUT2D eigenvalue weighted by molar-refractivity contribution is 5.76. The van der Waals surface area contributed by atoms with Crippen molar-refractivity contribution in [1.29, 1.82) is 0 Å². The molecule has 1 spiro atoms. The first-order valence-corrected chi connectivity index (χ1v) is 10.4. The van der Waals surface area contributed by atoms with E-state index in [2.05, 4.69) is 15.9 Å². The van der Waals surface area contributed by atoms with Crippen molar-refractivity contribution in [2.45, 2.75) is 25.0 Å². The Labute approximate surface area is 167 Å². The molecule has 3 aliphatic heterocycles. The lowest BCUT2D eigenvalue weighted by Crippen LogP contribution is -2.49. The molecule has 0 unspecified atom stereocenters. The molecule has 0 bridgehead atoms. The van der Waals surface area contributed by atoms with Gasteiger partial charge in [-0.05, 0) is 12.1 Å². The first-order chi connectivity index (χ1) is 13.7. The standard InChI is InChI=1S/C21H31N3O4/c1-26-19-5-3-2-4-18(19)23-14-12-22(13-15-23)9-6-20(25)24-10-7-21(8-11-24)27-16-17-28-21/h2-5H,6-17H2,1H3. The summed E-state index contributed by atoms with van der Waals surface area (Å²) in [5, 5.41) is 0. The molecule has 0 aliphatic carbocycles. The third-order valence-electron chi connectivity index (χ3n) is 6.13. The molecule has 1 aromatic carbocycles. The molecule has 0 aromatic heterocycles. The number of ether oxygens (including phenoxy) is 3. The second-order valence-corrected chi connectivity index (χ2v) is 7.74. The molecule has 3 fully saturated rings. The highest BCUT2D eigenvalue weighted by atomic mass is 16.7. The third kappa shape index (κ3) is 4.26. The molecule has 3 aliphatic rings. The van der Waals surface area contributed by atoms with Gasteiger partial charge < -0.3 is 24.0 Å². The van der Waals surface area contributed by atoms with Gasteiger partial charge in [-0.15, -0.1) is 0 Å². The second-order valence-electron chi connectivity index (χ2n) is 7.74. The number of nitrogens with zero attached hydrogens (tertiary/aromatic N) is 3. The van der Waals surface area contributed by atoms with Gasteiger partial charge in [0, 0.05) is 65.1 Å². The summed E-state index contributed by atoms with van der Waals surface area (Å²) in [6.07, 6.45) is 2.16. The van der Waals surface area contributed by atoms with E-state index in [4.69, 9.17) is 14.2 Å². The average Bonchev–Trinajstić information content (AvgIpc) is 3.21. The molecular weight excluding hydrogens is 358 g/mol. The highest BCUT2D eigenvalue weighted by Gasteiger charge is 2.40. The molecule has 28 heavy (non-hydrogen) atoms. The number of anilines is 1. The first kappa shape index (κ1) is 19.5. The van der Waals surface area contributed by atoms with Crippen LogP contribution in [0.1, 0.15) is 19.3 Å². The van der Waals surface area contributed by atoms with Crippen LogP contribution in [-0.4, -0.2) is 87.6 Å². The molecule has 0 atom stereocenters. The Morgan fingerprint density at radius 2 is 1.71 bits per heavy atom. The minimum Gasteiger partial charge on any atom is -0.495 e. The Morgan fingerprint density at radius 3 is 2.39 bits per heavy atom. The number of piperidine rings is 1. The number of hydrogen-bond acceptors (Lipinski definition) is 6. The molecule has 7 heteroatoms. The minimum absolute atomic E-state index is 0.250. The van der Waals surface area contributed by atoms with Crippen LogP contribution in [0.25, 0.3) is 0 Å². The fraction of sp³-hybridized carbons (Fsp3) is 0.667. The Morgan fingerprint density at radius 1 is 1.04 bits per heavy atom. The van der Waals surface area contributed by atoms with Crippen LogP contribution in [0, 0.1) is 0 Å². The lowest BCUT2D eigenvalue weighted by molar-refractivity contribution is -0.187. The molecule has 1 aromatic rings. The van der Waals surface area contributed by atoms with Crippen LogP contribution >= 0.6 is 0 Å². The number of para-hydroxylation sites is 2. The number of rotatable bonds is 5. The number of carbonyl (C=O) groups excluding carboxylic acids is 1. The van der Waals surface area contributed by atoms with Gasteiger partial charge in [0.15, 0.2) is 5.79 Å². The topological polar surface area (TPSA) is 54.5 Å². The van der Waals surface area contributed by atoms with Crippen molar-refractivity contribution >= 4 is 11.6 Å². The lowest BCUT2D eigenvalue weighted by atomic mass is 10.0. The van der Waals surface area contributed by atoms with Crippen molar-refractivity contribution in [3.63, 3.8) is 0 Å². The Hall–Kier alpha value is -1.83. The van der Waals surface area contributed by atoms with Gasteiger partial charge in [-0.1, -0.05) is 12.1 Å². The van der Waals surface area contributed by atoms with Gasteiger partial charge in [-0.25, -0.2) is 0 Å². The van der Waals surface area contributed by atoms with Gasteiger partial charge in [-0.2, -0.15) is 0 Å². The van der Waals surface area contributed by atoms with Gasteiger partial charge in [-0.3, -0.25) is 9.69 Å². The summed E-state index contributed by atoms with van der Waals surface area (Å²) >= 11 is 0. The van der Waals surface area contributed by atoms with Crippen LogP contribution in [0.2, 0.25) is 0 Å². The smallest absolute Gasteiger partial charge is 0.223 e. The number of methoxy groups -OCH3 is 1. The van der Waals surface area contributed by atoms with Gasteiger partial charge in [0.1, 0.15) is 5.75 Å². The first-order valence-electron chi connectivity index (χ1n) is 10.4. The Bertz CT molecular complexity index is 659. The van der Waals surface area contributed by atoms with Crippen LogP contribution in [0.5, 0.6) is 5.75 Å². The molecule has 7 nitrogen and oxygen atoms in total. The van der Waals surface area contributed by atoms with Gasteiger partial charge >= 0.3 is 0 Å². The zero-order valence-corrected chi connectivity index (χ0v) is 16.8. The number of hydrogen-bond donors (Lipinski definition) is 0. The number of carbonyl (C=O) groups is 1. The lowest BCUT2D eigenvalue weighted by Gasteiger charge is -2.38. The normalized spacial score (nSPS) is 22.6. The zero-order valence-electron chi connectivity index (χ0n) is 16.8. The zero-order chi connectivity index (χ0) is 19.4. The molecule has 3 saturated heterocycles. The van der Waals surface area contributed by atoms with Crippen LogP contribution in [0.15, 0.2) is 24.3 Å². The van der Waals surface area contributed by atoms with E-state index < -0.39 is 5.79 Å². The van der Waals surface area contributed by atoms with Crippen molar-refractivity contribution in [2.24, 2.45) is 0 Å². The van der Waals surface area contributed by atoms with Crippen molar-refractivity contribution in [2.75, 3.05) is 71.0 Å². The SMILES string of the molecule is COc1ccccc1N1CCN(CCC(=O)N2CCC3(CC2)OCCO3)CC1. The molecule has 0 radical (unpaired) electrons. The maximum Gasteiger partial charge on any atom is 0.223 e. The summed E-state index contributed by atoms with van der Waals surface area (Å²) in [6.45, 7) is 7.49. The molecule has 1 amide bonds. The van der Waals surface area contributed by atoms with Crippen molar-refractivity contribution < 1.29 is 19.0 Å². The van der Waals surface area contributed by atoms with Crippen molar-refractivity contribution in [3.8, 4) is 5.75 Å². The molecule has 0 N–H and O–H groups in total. The van der Waals surface area contributed by atoms with E-state index in [1.54, 1.807) is 7.11 Å². The van der Waals surface area contributed by atoms with E-state index in [1.807, 2.05) is 23.1 Å².